The predicted molar refractivity (Wildman–Crippen MR) is 548 cm³/mol. The summed E-state index contributed by atoms with van der Waals surface area (Å²) in [5, 5.41) is 22.8. The van der Waals surface area contributed by atoms with Gasteiger partial charge in [0.15, 0.2) is 6.80 Å². The smallest absolute Gasteiger partial charge is 0.327 e. The van der Waals surface area contributed by atoms with Crippen LogP contribution in [0.25, 0.3) is 9.69 Å². The molecule has 0 bridgehead atoms. The van der Waals surface area contributed by atoms with Crippen molar-refractivity contribution in [2.75, 3.05) is 107 Å². The third-order valence-corrected chi connectivity index (χ3v) is 26.3. The van der Waals surface area contributed by atoms with Gasteiger partial charge in [0.05, 0.1) is 26.4 Å². The second-order valence-corrected chi connectivity index (χ2v) is 40.3. The highest BCUT2D eigenvalue weighted by Crippen LogP contribution is 2.50. The lowest BCUT2D eigenvalue weighted by atomic mass is 10.1. The quantitative estimate of drug-likeness (QED) is 0.0143. The molecular formula is C92H204N6O18P4S4-2. The average Bonchev–Trinajstić information content (AvgIpc) is 0.918. The minimum absolute atomic E-state index is 0. The summed E-state index contributed by atoms with van der Waals surface area (Å²) in [5.41, 5.74) is 10.7. The minimum atomic E-state index is -3.25. The number of hydrogen-bond donors (Lipinski definition) is 6. The van der Waals surface area contributed by atoms with E-state index < -0.39 is 38.9 Å². The maximum atomic E-state index is 11.9. The van der Waals surface area contributed by atoms with E-state index in [0.29, 0.717) is 52.1 Å². The molecule has 0 saturated carbocycles. The van der Waals surface area contributed by atoms with E-state index in [9.17, 15) is 28.6 Å². The Labute approximate surface area is 789 Å². The average molecular weight is 1930 g/mol. The fourth-order valence-electron chi connectivity index (χ4n) is 10.9. The highest BCUT2D eigenvalue weighted by atomic mass is 32.7. The summed E-state index contributed by atoms with van der Waals surface area (Å²) in [6, 6.07) is 0. The number of rotatable bonds is 80. The van der Waals surface area contributed by atoms with E-state index in [1.807, 2.05) is 27.7 Å². The number of nitrogens with two attached hydrogens (primary N) is 2. The first-order valence-corrected chi connectivity index (χ1v) is 56.1. The lowest BCUT2D eigenvalue weighted by Crippen LogP contribution is -2.23. The van der Waals surface area contributed by atoms with Crippen LogP contribution in [-0.2, 0) is 117 Å². The highest BCUT2D eigenvalue weighted by Gasteiger charge is 2.20. The van der Waals surface area contributed by atoms with Gasteiger partial charge in [0.1, 0.15) is 19.9 Å². The Kier molecular flexibility index (Phi) is 162. The molecule has 8 N–H and O–H groups in total. The van der Waals surface area contributed by atoms with Crippen molar-refractivity contribution < 1.29 is 84.1 Å². The molecule has 4 atom stereocenters. The molecule has 2 amide bonds. The summed E-state index contributed by atoms with van der Waals surface area (Å²) in [4.78, 5) is 61.7. The molecule has 0 spiro atoms. The standard InChI is InChI=1S/C22H43N2O4PS.C19H40NO4PS.2C12H24O2.C10H21N2O3PS.C7H18NO3PS.2C2H6.6CH4/c1-4-5-6-7-8-9-10-11-14-17-22(25)24-18-15-12-13-16-20-27-29(30,26-3)28-21-19-23-2;1-3-4-5-6-7-8-9-10-13-16-19(21)20-17-14-11-12-15-18-24-25(22,26)23-2;2*1-2-3-4-5-6-7-8-9-10-11-12(13)14;1-12-8-10-15-16(17,13-2)14-9-6-4-3-5-7-11;1-10-12(9,13)11-7-5-3-2-4-6-8;2*1-2;;;;;;/h4-21H2,1,3H3,(H,24,25);3-18H2,1-2H3,(H,20,21)(H,22,26);2*2-11H2,1H3,(H,13,14);3-11H2,2H3;2-8H2,1H3,(H,9,13);2*1-2H3;6*1H4/p-2. The van der Waals surface area contributed by atoms with E-state index in [-0.39, 0.29) is 82.7 Å². The maximum absolute atomic E-state index is 11.9. The van der Waals surface area contributed by atoms with Crippen LogP contribution < -0.4 is 27.0 Å². The van der Waals surface area contributed by atoms with Gasteiger partial charge < -0.3 is 104 Å². The zero-order valence-corrected chi connectivity index (χ0v) is 83.8. The summed E-state index contributed by atoms with van der Waals surface area (Å²) in [5.74, 6) is -0.970. The Morgan fingerprint density at radius 2 is 0.556 bits per heavy atom. The zero-order valence-electron chi connectivity index (χ0n) is 77.0. The van der Waals surface area contributed by atoms with Crippen LogP contribution in [0.3, 0.4) is 0 Å². The van der Waals surface area contributed by atoms with Gasteiger partial charge in [0.2, 0.25) is 24.9 Å². The van der Waals surface area contributed by atoms with E-state index >= 15 is 0 Å². The monoisotopic (exact) mass is 1930 g/mol. The molecule has 0 aliphatic carbocycles. The van der Waals surface area contributed by atoms with Gasteiger partial charge in [-0.25, -0.2) is 13.1 Å². The topological polar surface area (TPSA) is 326 Å². The van der Waals surface area contributed by atoms with Crippen molar-refractivity contribution in [3.05, 3.63) is 22.8 Å². The first kappa shape index (κ1) is 154. The molecule has 756 valence electrons. The first-order valence-electron chi connectivity index (χ1n) is 45.9. The predicted octanol–water partition coefficient (Wildman–Crippen LogP) is 29.2. The van der Waals surface area contributed by atoms with Crippen LogP contribution >= 0.6 is 27.0 Å². The Bertz CT molecular complexity index is 2340. The molecule has 0 heterocycles. The minimum Gasteiger partial charge on any atom is -0.780 e. The molecule has 0 rings (SSSR count). The molecule has 32 heteroatoms. The number of carbonyl (C=O) groups is 4. The lowest BCUT2D eigenvalue weighted by molar-refractivity contribution is -0.204. The van der Waals surface area contributed by atoms with Gasteiger partial charge in [-0.1, -0.05) is 369 Å². The fraction of sp³-hybridized carbons (Fsp3) is 0.935. The van der Waals surface area contributed by atoms with Crippen LogP contribution in [0, 0.1) is 13.1 Å². The van der Waals surface area contributed by atoms with E-state index in [4.69, 9.17) is 94.6 Å². The van der Waals surface area contributed by atoms with Crippen molar-refractivity contribution in [2.24, 2.45) is 11.5 Å². The summed E-state index contributed by atoms with van der Waals surface area (Å²) in [6.45, 7) is 24.3. The third-order valence-electron chi connectivity index (χ3n) is 17.8. The van der Waals surface area contributed by atoms with Gasteiger partial charge >= 0.3 is 25.4 Å². The van der Waals surface area contributed by atoms with E-state index in [1.165, 1.54) is 208 Å². The number of amides is 2. The summed E-state index contributed by atoms with van der Waals surface area (Å²) < 4.78 is 61.9. The SMILES string of the molecule is C.C.C.C.C.C.CC.CC.CCCCCCCCCCCC(=O)NCCCCCCOP([O-])(=S)OC.CCCCCCCCCCCC(=O)O.CCCCCCCCCCCC(=O)O.COP(=O)([S-])OCCCCCCN.[C-]#[N+]CCOP(=S)(OC)OCCCCCCN.[C-]#[N+]CCOP(=S)(OC)OCCCCCCNC(=O)CCCCCCCCCCC. The van der Waals surface area contributed by atoms with Crippen molar-refractivity contribution in [1.29, 1.82) is 0 Å². The fourth-order valence-corrected chi connectivity index (χ4v) is 15.0. The van der Waals surface area contributed by atoms with Crippen molar-refractivity contribution >= 4 is 98.4 Å². The van der Waals surface area contributed by atoms with Crippen molar-refractivity contribution in [3.63, 3.8) is 0 Å². The molecule has 4 unspecified atom stereocenters. The largest absolute Gasteiger partial charge is 0.780 e. The van der Waals surface area contributed by atoms with E-state index in [2.05, 4.69) is 81.1 Å². The second-order valence-electron chi connectivity index (χ2n) is 28.3. The zero-order chi connectivity index (χ0) is 90.3. The number of nitrogens with one attached hydrogen (secondary N) is 2. The molecule has 24 nitrogen and oxygen atoms in total. The van der Waals surface area contributed by atoms with Crippen molar-refractivity contribution in [1.82, 2.24) is 10.6 Å². The van der Waals surface area contributed by atoms with Crippen LogP contribution in [-0.4, -0.2) is 141 Å². The molecule has 0 aliphatic rings. The first-order chi connectivity index (χ1) is 56.9. The van der Waals surface area contributed by atoms with Crippen LogP contribution in [0.5, 0.6) is 0 Å². The molecule has 0 aliphatic heterocycles. The number of hydrogen-bond acceptors (Lipinski definition) is 22. The summed E-state index contributed by atoms with van der Waals surface area (Å²) in [6.07, 6.45) is 62.9. The Morgan fingerprint density at radius 1 is 0.339 bits per heavy atom. The number of carbonyl (C=O) groups excluding carboxylic acids is 2. The molecule has 0 saturated heterocycles. The molecular weight excluding hydrogens is 1730 g/mol. The van der Waals surface area contributed by atoms with Crippen LogP contribution in [0.2, 0.25) is 0 Å². The van der Waals surface area contributed by atoms with Gasteiger partial charge in [0, 0.05) is 67.2 Å². The highest BCUT2D eigenvalue weighted by molar-refractivity contribution is 8.32. The van der Waals surface area contributed by atoms with Gasteiger partial charge in [-0.2, -0.15) is 0 Å². The van der Waals surface area contributed by atoms with Crippen LogP contribution in [0.1, 0.15) is 460 Å². The number of carboxylic acids is 2. The van der Waals surface area contributed by atoms with Crippen LogP contribution in [0.4, 0.5) is 0 Å². The number of nitrogens with zero attached hydrogens (tertiary/aromatic N) is 2. The number of unbranched alkanes of at least 4 members (excludes halogenated alkanes) is 44. The van der Waals surface area contributed by atoms with Gasteiger partial charge in [0.25, 0.3) is 0 Å². The second kappa shape index (κ2) is 130. The van der Waals surface area contributed by atoms with Crippen molar-refractivity contribution in [3.8, 4) is 0 Å². The molecule has 0 fully saturated rings. The van der Waals surface area contributed by atoms with Gasteiger partial charge in [-0.05, 0) is 114 Å². The lowest BCUT2D eigenvalue weighted by Gasteiger charge is -2.24. The van der Waals surface area contributed by atoms with Gasteiger partial charge in [-0.15, -0.1) is 0 Å². The Morgan fingerprint density at radius 3 is 0.790 bits per heavy atom. The van der Waals surface area contributed by atoms with Crippen LogP contribution in [0.15, 0.2) is 0 Å². The number of carboxylic acid groups (broad SMARTS) is 2. The molecule has 0 aromatic heterocycles. The molecule has 0 aromatic rings. The normalized spacial score (nSPS) is 12.0. The Hall–Kier alpha value is -1.13. The molecule has 0 radical (unpaired) electrons. The van der Waals surface area contributed by atoms with E-state index in [1.54, 1.807) is 0 Å². The number of aliphatic carboxylic acids is 2. The van der Waals surface area contributed by atoms with E-state index in [0.717, 1.165) is 180 Å². The van der Waals surface area contributed by atoms with Gasteiger partial charge in [-0.3, -0.25) is 23.7 Å². The molecule has 124 heavy (non-hydrogen) atoms. The maximum Gasteiger partial charge on any atom is 0.327 e. The summed E-state index contributed by atoms with van der Waals surface area (Å²) in [7, 11) is 5.55. The molecule has 0 aromatic carbocycles. The Balaban J connectivity index is -0.0000000985. The third kappa shape index (κ3) is 147. The van der Waals surface area contributed by atoms with Crippen molar-refractivity contribution in [2.45, 2.75) is 460 Å². The summed E-state index contributed by atoms with van der Waals surface area (Å²) >= 11 is 19.5.